The van der Waals surface area contributed by atoms with Crippen molar-refractivity contribution in [2.24, 2.45) is 0 Å². The van der Waals surface area contributed by atoms with Crippen molar-refractivity contribution in [2.75, 3.05) is 0 Å². The molecule has 19 heavy (non-hydrogen) atoms. The van der Waals surface area contributed by atoms with Crippen molar-refractivity contribution in [2.45, 2.75) is 18.7 Å². The van der Waals surface area contributed by atoms with E-state index in [9.17, 15) is 8.42 Å². The second-order valence-corrected chi connectivity index (χ2v) is 6.28. The first-order chi connectivity index (χ1) is 9.00. The first-order valence-electron chi connectivity index (χ1n) is 6.05. The molecule has 98 valence electrons. The molecule has 0 N–H and O–H groups in total. The molecule has 2 aromatic rings. The Hall–Kier alpha value is -1.87. The summed E-state index contributed by atoms with van der Waals surface area (Å²) in [5, 5.41) is 1.27. The van der Waals surface area contributed by atoms with E-state index in [1.165, 1.54) is 5.41 Å². The second-order valence-electron chi connectivity index (χ2n) is 4.45. The summed E-state index contributed by atoms with van der Waals surface area (Å²) in [6.07, 6.45) is 1.66. The molecule has 0 saturated heterocycles. The highest BCUT2D eigenvalue weighted by Crippen LogP contribution is 2.17. The lowest BCUT2D eigenvalue weighted by Gasteiger charge is -2.04. The molecule has 0 aliphatic carbocycles. The van der Waals surface area contributed by atoms with E-state index in [2.05, 4.69) is 0 Å². The van der Waals surface area contributed by atoms with E-state index >= 15 is 0 Å². The van der Waals surface area contributed by atoms with Gasteiger partial charge in [-0.2, -0.15) is 0 Å². The summed E-state index contributed by atoms with van der Waals surface area (Å²) in [6.45, 7) is 4.00. The van der Waals surface area contributed by atoms with Crippen LogP contribution in [0.3, 0.4) is 0 Å². The zero-order valence-corrected chi connectivity index (χ0v) is 11.8. The van der Waals surface area contributed by atoms with Gasteiger partial charge in [0.15, 0.2) is 9.84 Å². The van der Waals surface area contributed by atoms with Crippen LogP contribution < -0.4 is 0 Å². The van der Waals surface area contributed by atoms with E-state index in [4.69, 9.17) is 0 Å². The van der Waals surface area contributed by atoms with Gasteiger partial charge in [0.05, 0.1) is 4.90 Å². The molecule has 0 bridgehead atoms. The fourth-order valence-electron chi connectivity index (χ4n) is 1.81. The van der Waals surface area contributed by atoms with Gasteiger partial charge in [-0.15, -0.1) is 0 Å². The van der Waals surface area contributed by atoms with Crippen molar-refractivity contribution in [3.05, 3.63) is 70.6 Å². The highest BCUT2D eigenvalue weighted by atomic mass is 32.2. The van der Waals surface area contributed by atoms with Crippen LogP contribution in [0, 0.1) is 13.8 Å². The third-order valence-corrected chi connectivity index (χ3v) is 4.57. The summed E-state index contributed by atoms with van der Waals surface area (Å²) in [5.74, 6) is 0. The van der Waals surface area contributed by atoms with Gasteiger partial charge in [0.2, 0.25) is 0 Å². The fourth-order valence-corrected chi connectivity index (χ4v) is 2.83. The minimum absolute atomic E-state index is 0.316. The van der Waals surface area contributed by atoms with Gasteiger partial charge in [-0.3, -0.25) is 0 Å². The van der Waals surface area contributed by atoms with Crippen molar-refractivity contribution >= 4 is 15.9 Å². The summed E-state index contributed by atoms with van der Waals surface area (Å²) in [6, 6.07) is 14.3. The number of hydrogen-bond acceptors (Lipinski definition) is 2. The molecule has 0 aliphatic heterocycles. The molecule has 0 unspecified atom stereocenters. The summed E-state index contributed by atoms with van der Waals surface area (Å²) < 4.78 is 24.2. The van der Waals surface area contributed by atoms with Gasteiger partial charge in [0.25, 0.3) is 0 Å². The summed E-state index contributed by atoms with van der Waals surface area (Å²) in [7, 11) is -3.37. The Morgan fingerprint density at radius 2 is 1.58 bits per heavy atom. The summed E-state index contributed by atoms with van der Waals surface area (Å²) >= 11 is 0. The van der Waals surface area contributed by atoms with E-state index in [0.29, 0.717) is 4.90 Å². The topological polar surface area (TPSA) is 34.1 Å². The lowest BCUT2D eigenvalue weighted by molar-refractivity contribution is 0.605. The van der Waals surface area contributed by atoms with Crippen molar-refractivity contribution < 1.29 is 8.42 Å². The average Bonchev–Trinajstić information content (AvgIpc) is 2.41. The lowest BCUT2D eigenvalue weighted by atomic mass is 10.0. The highest BCUT2D eigenvalue weighted by Gasteiger charge is 2.09. The maximum absolute atomic E-state index is 12.1. The van der Waals surface area contributed by atoms with Crippen molar-refractivity contribution in [3.63, 3.8) is 0 Å². The third-order valence-electron chi connectivity index (χ3n) is 3.15. The number of rotatable bonds is 3. The van der Waals surface area contributed by atoms with Crippen LogP contribution in [-0.4, -0.2) is 8.42 Å². The first kappa shape index (κ1) is 13.6. The predicted molar refractivity (Wildman–Crippen MR) is 78.6 cm³/mol. The largest absolute Gasteiger partial charge is 0.219 e. The van der Waals surface area contributed by atoms with Crippen molar-refractivity contribution in [1.82, 2.24) is 0 Å². The quantitative estimate of drug-likeness (QED) is 0.852. The maximum atomic E-state index is 12.1. The summed E-state index contributed by atoms with van der Waals surface area (Å²) in [4.78, 5) is 0.316. The third kappa shape index (κ3) is 3.12. The van der Waals surface area contributed by atoms with E-state index in [-0.39, 0.29) is 0 Å². The molecule has 0 radical (unpaired) electrons. The van der Waals surface area contributed by atoms with E-state index in [1.807, 2.05) is 32.0 Å². The van der Waals surface area contributed by atoms with Gasteiger partial charge in [0, 0.05) is 5.41 Å². The number of aryl methyl sites for hydroxylation is 1. The normalized spacial score (nSPS) is 11.9. The van der Waals surface area contributed by atoms with Crippen LogP contribution in [0.1, 0.15) is 16.7 Å². The van der Waals surface area contributed by atoms with Gasteiger partial charge in [-0.25, -0.2) is 8.42 Å². The Bertz CT molecular complexity index is 699. The molecule has 2 rings (SSSR count). The molecular weight excluding hydrogens is 256 g/mol. The number of hydrogen-bond donors (Lipinski definition) is 0. The van der Waals surface area contributed by atoms with Crippen LogP contribution in [-0.2, 0) is 9.84 Å². The van der Waals surface area contributed by atoms with Crippen LogP contribution in [0.25, 0.3) is 6.08 Å². The summed E-state index contributed by atoms with van der Waals surface area (Å²) in [5.41, 5.74) is 3.18. The first-order valence-corrected chi connectivity index (χ1v) is 7.60. The SMILES string of the molecule is Cc1cccc(/C=C/S(=O)(=O)c2ccccc2)c1C. The molecule has 0 aliphatic rings. The lowest BCUT2D eigenvalue weighted by Crippen LogP contribution is -1.95. The van der Waals surface area contributed by atoms with E-state index in [1.54, 1.807) is 36.4 Å². The second kappa shape index (κ2) is 5.41. The molecule has 2 nitrogen and oxygen atoms in total. The minimum atomic E-state index is -3.37. The molecule has 3 heteroatoms. The Balaban J connectivity index is 2.36. The smallest absolute Gasteiger partial charge is 0.199 e. The monoisotopic (exact) mass is 272 g/mol. The molecule has 0 atom stereocenters. The number of benzene rings is 2. The Morgan fingerprint density at radius 3 is 2.26 bits per heavy atom. The molecule has 0 aromatic heterocycles. The Morgan fingerprint density at radius 1 is 0.895 bits per heavy atom. The molecule has 0 fully saturated rings. The standard InChI is InChI=1S/C16H16O2S/c1-13-7-6-8-15(14(13)2)11-12-19(17,18)16-9-4-3-5-10-16/h3-12H,1-2H3/b12-11+. The maximum Gasteiger partial charge on any atom is 0.199 e. The van der Waals surface area contributed by atoms with Gasteiger partial charge in [0.1, 0.15) is 0 Å². The van der Waals surface area contributed by atoms with E-state index < -0.39 is 9.84 Å². The Labute approximate surface area is 114 Å². The fraction of sp³-hybridized carbons (Fsp3) is 0.125. The zero-order chi connectivity index (χ0) is 13.9. The molecule has 0 spiro atoms. The van der Waals surface area contributed by atoms with Gasteiger partial charge >= 0.3 is 0 Å². The minimum Gasteiger partial charge on any atom is -0.219 e. The zero-order valence-electron chi connectivity index (χ0n) is 11.0. The van der Waals surface area contributed by atoms with Crippen molar-refractivity contribution in [3.8, 4) is 0 Å². The van der Waals surface area contributed by atoms with Gasteiger partial charge < -0.3 is 0 Å². The average molecular weight is 272 g/mol. The van der Waals surface area contributed by atoms with Gasteiger partial charge in [-0.1, -0.05) is 36.4 Å². The molecular formula is C16H16O2S. The predicted octanol–water partition coefficient (Wildman–Crippen LogP) is 3.75. The van der Waals surface area contributed by atoms with Gasteiger partial charge in [-0.05, 0) is 48.7 Å². The van der Waals surface area contributed by atoms with Crippen LogP contribution in [0.4, 0.5) is 0 Å². The van der Waals surface area contributed by atoms with E-state index in [0.717, 1.165) is 16.7 Å². The molecule has 0 saturated carbocycles. The van der Waals surface area contributed by atoms with Crippen LogP contribution in [0.15, 0.2) is 58.8 Å². The van der Waals surface area contributed by atoms with Crippen molar-refractivity contribution in [1.29, 1.82) is 0 Å². The molecule has 0 heterocycles. The Kier molecular flexibility index (Phi) is 3.86. The van der Waals surface area contributed by atoms with Crippen LogP contribution in [0.2, 0.25) is 0 Å². The van der Waals surface area contributed by atoms with Crippen LogP contribution >= 0.6 is 0 Å². The highest BCUT2D eigenvalue weighted by molar-refractivity contribution is 7.94. The van der Waals surface area contributed by atoms with Crippen LogP contribution in [0.5, 0.6) is 0 Å². The molecule has 2 aromatic carbocycles. The molecule has 0 amide bonds. The number of sulfone groups is 1.